The van der Waals surface area contributed by atoms with Crippen LogP contribution in [0.4, 0.5) is 0 Å². The fourth-order valence-corrected chi connectivity index (χ4v) is 1.29. The first kappa shape index (κ1) is 21.8. The zero-order valence-corrected chi connectivity index (χ0v) is 15.3. The van der Waals surface area contributed by atoms with Gasteiger partial charge < -0.3 is 24.8 Å². The molecule has 0 aliphatic carbocycles. The van der Waals surface area contributed by atoms with Crippen LogP contribution in [-0.2, 0) is 23.8 Å². The van der Waals surface area contributed by atoms with Gasteiger partial charge in [-0.3, -0.25) is 9.59 Å². The summed E-state index contributed by atoms with van der Waals surface area (Å²) in [5, 5.41) is 5.39. The molecule has 136 valence electrons. The third-order valence-electron chi connectivity index (χ3n) is 2.41. The van der Waals surface area contributed by atoms with Crippen LogP contribution in [-0.4, -0.2) is 62.5 Å². The fourth-order valence-electron chi connectivity index (χ4n) is 1.29. The molecule has 2 amide bonds. The minimum absolute atomic E-state index is 0.0351. The Bertz CT molecular complexity index is 324. The van der Waals surface area contributed by atoms with Crippen LogP contribution in [0, 0.1) is 0 Å². The van der Waals surface area contributed by atoms with Crippen molar-refractivity contribution >= 4 is 11.8 Å². The van der Waals surface area contributed by atoms with Gasteiger partial charge in [-0.15, -0.1) is 0 Å². The highest BCUT2D eigenvalue weighted by Crippen LogP contribution is 2.05. The van der Waals surface area contributed by atoms with Gasteiger partial charge in [-0.05, 0) is 41.5 Å². The number of carbonyl (C=O) groups excluding carboxylic acids is 2. The number of amides is 2. The standard InChI is InChI=1S/C16H32N2O5/c1-15(2,3)22-11-13(19)17-7-9-21-10-8-18-14(20)12-23-16(4,5)6/h7-12H2,1-6H3,(H,17,19)(H,18,20). The van der Waals surface area contributed by atoms with E-state index in [1.165, 1.54) is 0 Å². The average molecular weight is 332 g/mol. The predicted molar refractivity (Wildman–Crippen MR) is 88.2 cm³/mol. The van der Waals surface area contributed by atoms with Gasteiger partial charge in [0.25, 0.3) is 0 Å². The Balaban J connectivity index is 3.46. The van der Waals surface area contributed by atoms with Gasteiger partial charge in [-0.2, -0.15) is 0 Å². The summed E-state index contributed by atoms with van der Waals surface area (Å²) >= 11 is 0. The normalized spacial score (nSPS) is 12.1. The molecule has 0 aliphatic heterocycles. The second-order valence-electron chi connectivity index (χ2n) is 7.11. The van der Waals surface area contributed by atoms with Gasteiger partial charge in [0, 0.05) is 13.1 Å². The van der Waals surface area contributed by atoms with Crippen molar-refractivity contribution in [3.8, 4) is 0 Å². The van der Waals surface area contributed by atoms with Gasteiger partial charge in [-0.25, -0.2) is 0 Å². The molecule has 7 nitrogen and oxygen atoms in total. The van der Waals surface area contributed by atoms with Crippen LogP contribution in [0.1, 0.15) is 41.5 Å². The Morgan fingerprint density at radius 1 is 0.739 bits per heavy atom. The SMILES string of the molecule is CC(C)(C)OCC(=O)NCCOCCNC(=O)COC(C)(C)C. The van der Waals surface area contributed by atoms with E-state index in [0.717, 1.165) is 0 Å². The third-order valence-corrected chi connectivity index (χ3v) is 2.41. The van der Waals surface area contributed by atoms with Crippen molar-refractivity contribution in [3.63, 3.8) is 0 Å². The summed E-state index contributed by atoms with van der Waals surface area (Å²) in [6.45, 7) is 13.0. The van der Waals surface area contributed by atoms with E-state index >= 15 is 0 Å². The van der Waals surface area contributed by atoms with E-state index in [-0.39, 0.29) is 36.2 Å². The number of ether oxygens (including phenoxy) is 3. The highest BCUT2D eigenvalue weighted by molar-refractivity contribution is 5.77. The third kappa shape index (κ3) is 17.0. The summed E-state index contributed by atoms with van der Waals surface area (Å²) in [5.74, 6) is -0.340. The average Bonchev–Trinajstić information content (AvgIpc) is 2.40. The Labute approximate surface area is 139 Å². The molecule has 0 radical (unpaired) electrons. The van der Waals surface area contributed by atoms with Gasteiger partial charge in [-0.1, -0.05) is 0 Å². The molecule has 0 fully saturated rings. The summed E-state index contributed by atoms with van der Waals surface area (Å²) < 4.78 is 16.0. The second kappa shape index (κ2) is 10.6. The molecule has 0 atom stereocenters. The largest absolute Gasteiger partial charge is 0.378 e. The van der Waals surface area contributed by atoms with E-state index < -0.39 is 0 Å². The number of nitrogens with one attached hydrogen (secondary N) is 2. The van der Waals surface area contributed by atoms with Crippen LogP contribution in [0.2, 0.25) is 0 Å². The fraction of sp³-hybridized carbons (Fsp3) is 0.875. The van der Waals surface area contributed by atoms with Gasteiger partial charge in [0.05, 0.1) is 24.4 Å². The molecule has 0 aromatic carbocycles. The lowest BCUT2D eigenvalue weighted by molar-refractivity contribution is -0.130. The molecule has 0 aromatic heterocycles. The number of hydrogen-bond donors (Lipinski definition) is 2. The smallest absolute Gasteiger partial charge is 0.246 e. The molecule has 0 aliphatic rings. The summed E-state index contributed by atoms with van der Waals surface area (Å²) in [4.78, 5) is 22.9. The quantitative estimate of drug-likeness (QED) is 0.580. The van der Waals surface area contributed by atoms with Crippen molar-refractivity contribution in [1.29, 1.82) is 0 Å². The molecule has 0 bridgehead atoms. The first-order valence-corrected chi connectivity index (χ1v) is 7.89. The zero-order valence-electron chi connectivity index (χ0n) is 15.3. The molecule has 0 saturated carbocycles. The van der Waals surface area contributed by atoms with Crippen LogP contribution in [0.3, 0.4) is 0 Å². The van der Waals surface area contributed by atoms with E-state index in [1.54, 1.807) is 0 Å². The van der Waals surface area contributed by atoms with Crippen LogP contribution in [0.5, 0.6) is 0 Å². The lowest BCUT2D eigenvalue weighted by Gasteiger charge is -2.19. The maximum atomic E-state index is 11.5. The van der Waals surface area contributed by atoms with Crippen molar-refractivity contribution in [2.75, 3.05) is 39.5 Å². The minimum Gasteiger partial charge on any atom is -0.378 e. The maximum Gasteiger partial charge on any atom is 0.246 e. The van der Waals surface area contributed by atoms with Gasteiger partial charge in [0.2, 0.25) is 11.8 Å². The lowest BCUT2D eigenvalue weighted by atomic mass is 10.2. The Morgan fingerprint density at radius 3 is 1.39 bits per heavy atom. The summed E-state index contributed by atoms with van der Waals surface area (Å²) in [6, 6.07) is 0. The van der Waals surface area contributed by atoms with E-state index in [9.17, 15) is 9.59 Å². The molecule has 0 aromatic rings. The van der Waals surface area contributed by atoms with E-state index in [1.807, 2.05) is 41.5 Å². The van der Waals surface area contributed by atoms with Gasteiger partial charge in [0.1, 0.15) is 13.2 Å². The van der Waals surface area contributed by atoms with E-state index in [2.05, 4.69) is 10.6 Å². The monoisotopic (exact) mass is 332 g/mol. The van der Waals surface area contributed by atoms with E-state index in [4.69, 9.17) is 14.2 Å². The lowest BCUT2D eigenvalue weighted by Crippen LogP contribution is -2.35. The van der Waals surface area contributed by atoms with Crippen molar-refractivity contribution in [3.05, 3.63) is 0 Å². The number of carbonyl (C=O) groups is 2. The van der Waals surface area contributed by atoms with Crippen LogP contribution >= 0.6 is 0 Å². The number of rotatable bonds is 10. The van der Waals surface area contributed by atoms with Crippen LogP contribution in [0.15, 0.2) is 0 Å². The maximum absolute atomic E-state index is 11.5. The summed E-state index contributed by atoms with van der Waals surface area (Å²) in [6.07, 6.45) is 0. The highest BCUT2D eigenvalue weighted by atomic mass is 16.5. The van der Waals surface area contributed by atoms with Crippen molar-refractivity contribution in [1.82, 2.24) is 10.6 Å². The summed E-state index contributed by atoms with van der Waals surface area (Å²) in [5.41, 5.74) is -0.661. The van der Waals surface area contributed by atoms with Gasteiger partial charge in [0.15, 0.2) is 0 Å². The molecule has 0 saturated heterocycles. The van der Waals surface area contributed by atoms with Crippen molar-refractivity contribution in [2.45, 2.75) is 52.7 Å². The Kier molecular flexibility index (Phi) is 10.0. The van der Waals surface area contributed by atoms with Crippen molar-refractivity contribution < 1.29 is 23.8 Å². The molecule has 2 N–H and O–H groups in total. The first-order valence-electron chi connectivity index (χ1n) is 7.89. The second-order valence-corrected chi connectivity index (χ2v) is 7.11. The zero-order chi connectivity index (χ0) is 17.9. The van der Waals surface area contributed by atoms with Gasteiger partial charge >= 0.3 is 0 Å². The molecule has 7 heteroatoms. The number of hydrogen-bond acceptors (Lipinski definition) is 5. The molecule has 23 heavy (non-hydrogen) atoms. The van der Waals surface area contributed by atoms with E-state index in [0.29, 0.717) is 26.3 Å². The summed E-state index contributed by atoms with van der Waals surface area (Å²) in [7, 11) is 0. The van der Waals surface area contributed by atoms with Crippen LogP contribution < -0.4 is 10.6 Å². The van der Waals surface area contributed by atoms with Crippen LogP contribution in [0.25, 0.3) is 0 Å². The predicted octanol–water partition coefficient (Wildman–Crippen LogP) is 0.866. The minimum atomic E-state index is -0.331. The molecule has 0 spiro atoms. The Hall–Kier alpha value is -1.18. The van der Waals surface area contributed by atoms with Crippen molar-refractivity contribution in [2.24, 2.45) is 0 Å². The molecule has 0 rings (SSSR count). The first-order chi connectivity index (χ1) is 10.5. The topological polar surface area (TPSA) is 85.9 Å². The molecule has 0 heterocycles. The highest BCUT2D eigenvalue weighted by Gasteiger charge is 2.13. The molecular weight excluding hydrogens is 300 g/mol. The molecular formula is C16H32N2O5. The Morgan fingerprint density at radius 2 is 1.09 bits per heavy atom. The molecule has 0 unspecified atom stereocenters.